The topological polar surface area (TPSA) is 41.4 Å². The molecule has 0 spiro atoms. The number of nitrogens with zero attached hydrogens (tertiary/aromatic N) is 4. The first-order valence-electron chi connectivity index (χ1n) is 10.9. The number of aromatic nitrogens is 2. The van der Waals surface area contributed by atoms with Gasteiger partial charge in [-0.15, -0.1) is 0 Å². The Labute approximate surface area is 189 Å². The molecule has 1 saturated heterocycles. The van der Waals surface area contributed by atoms with Crippen molar-refractivity contribution in [2.24, 2.45) is 0 Å². The van der Waals surface area contributed by atoms with Crippen LogP contribution in [0.15, 0.2) is 54.6 Å². The second-order valence-corrected chi connectivity index (χ2v) is 8.57. The highest BCUT2D eigenvalue weighted by Gasteiger charge is 2.27. The van der Waals surface area contributed by atoms with Crippen LogP contribution in [0.1, 0.15) is 32.9 Å². The van der Waals surface area contributed by atoms with Crippen molar-refractivity contribution in [3.63, 3.8) is 0 Å². The van der Waals surface area contributed by atoms with Crippen LogP contribution in [0.25, 0.3) is 0 Å². The highest BCUT2D eigenvalue weighted by molar-refractivity contribution is 6.31. The van der Waals surface area contributed by atoms with Crippen molar-refractivity contribution in [2.45, 2.75) is 26.8 Å². The van der Waals surface area contributed by atoms with E-state index in [4.69, 9.17) is 11.6 Å². The molecule has 0 unspecified atom stereocenters. The third kappa shape index (κ3) is 5.00. The third-order valence-corrected chi connectivity index (χ3v) is 6.46. The van der Waals surface area contributed by atoms with Gasteiger partial charge < -0.3 is 4.90 Å². The van der Waals surface area contributed by atoms with E-state index < -0.39 is 0 Å². The van der Waals surface area contributed by atoms with Crippen LogP contribution in [0.2, 0.25) is 5.02 Å². The van der Waals surface area contributed by atoms with Gasteiger partial charge in [-0.1, -0.05) is 60.1 Å². The maximum absolute atomic E-state index is 13.3. The summed E-state index contributed by atoms with van der Waals surface area (Å²) in [6.07, 6.45) is 1.04. The van der Waals surface area contributed by atoms with Crippen LogP contribution in [0, 0.1) is 13.8 Å². The van der Waals surface area contributed by atoms with Crippen molar-refractivity contribution in [3.05, 3.63) is 87.7 Å². The van der Waals surface area contributed by atoms with E-state index >= 15 is 0 Å². The number of benzene rings is 2. The second-order valence-electron chi connectivity index (χ2n) is 8.16. The molecule has 5 nitrogen and oxygen atoms in total. The van der Waals surface area contributed by atoms with Gasteiger partial charge in [0, 0.05) is 43.4 Å². The first-order valence-corrected chi connectivity index (χ1v) is 11.2. The molecule has 1 fully saturated rings. The Balaban J connectivity index is 1.38. The van der Waals surface area contributed by atoms with Gasteiger partial charge in [-0.05, 0) is 37.5 Å². The van der Waals surface area contributed by atoms with Gasteiger partial charge >= 0.3 is 0 Å². The Morgan fingerprint density at radius 2 is 1.65 bits per heavy atom. The molecule has 0 aliphatic carbocycles. The van der Waals surface area contributed by atoms with Gasteiger partial charge in [-0.3, -0.25) is 14.4 Å². The van der Waals surface area contributed by atoms with Crippen LogP contribution < -0.4 is 0 Å². The van der Waals surface area contributed by atoms with E-state index in [0.717, 1.165) is 66.7 Å². The minimum Gasteiger partial charge on any atom is -0.336 e. The predicted molar refractivity (Wildman–Crippen MR) is 125 cm³/mol. The summed E-state index contributed by atoms with van der Waals surface area (Å²) in [7, 11) is 0. The number of carbonyl (C=O) groups is 1. The number of carbonyl (C=O) groups excluding carboxylic acids is 1. The number of hydrogen-bond donors (Lipinski definition) is 0. The van der Waals surface area contributed by atoms with Gasteiger partial charge in [0.1, 0.15) is 0 Å². The van der Waals surface area contributed by atoms with Crippen LogP contribution in [-0.4, -0.2) is 58.2 Å². The van der Waals surface area contributed by atoms with E-state index in [9.17, 15) is 4.79 Å². The fourth-order valence-electron chi connectivity index (χ4n) is 4.21. The van der Waals surface area contributed by atoms with Crippen molar-refractivity contribution in [2.75, 3.05) is 32.7 Å². The molecule has 0 radical (unpaired) electrons. The zero-order valence-electron chi connectivity index (χ0n) is 18.2. The lowest BCUT2D eigenvalue weighted by Crippen LogP contribution is -2.49. The molecule has 0 bridgehead atoms. The van der Waals surface area contributed by atoms with Gasteiger partial charge in [0.25, 0.3) is 5.91 Å². The van der Waals surface area contributed by atoms with E-state index in [2.05, 4.69) is 40.3 Å². The van der Waals surface area contributed by atoms with Gasteiger partial charge in [-0.25, -0.2) is 0 Å². The summed E-state index contributed by atoms with van der Waals surface area (Å²) < 4.78 is 1.89. The molecule has 2 aromatic carbocycles. The molecule has 1 aliphatic rings. The summed E-state index contributed by atoms with van der Waals surface area (Å²) in [5.74, 6) is 0.0862. The van der Waals surface area contributed by atoms with Crippen LogP contribution in [-0.2, 0) is 13.0 Å². The molecule has 1 aliphatic heterocycles. The standard InChI is InChI=1S/C25H29ClN4O/c1-19-24(20(2)30(27-19)18-22-10-6-7-11-23(22)26)25(31)29-16-14-28(15-17-29)13-12-21-8-4-3-5-9-21/h3-11H,12-18H2,1-2H3. The van der Waals surface area contributed by atoms with E-state index in [0.29, 0.717) is 6.54 Å². The summed E-state index contributed by atoms with van der Waals surface area (Å²) >= 11 is 6.31. The molecule has 2 heterocycles. The normalized spacial score (nSPS) is 14.7. The molecule has 1 aromatic heterocycles. The molecule has 162 valence electrons. The molecular weight excluding hydrogens is 408 g/mol. The van der Waals surface area contributed by atoms with Crippen LogP contribution >= 0.6 is 11.6 Å². The van der Waals surface area contributed by atoms with E-state index in [1.807, 2.05) is 47.7 Å². The first kappa shape index (κ1) is 21.6. The van der Waals surface area contributed by atoms with Crippen LogP contribution in [0.4, 0.5) is 0 Å². The van der Waals surface area contributed by atoms with Crippen LogP contribution in [0.3, 0.4) is 0 Å². The lowest BCUT2D eigenvalue weighted by Gasteiger charge is -2.34. The molecule has 0 saturated carbocycles. The maximum atomic E-state index is 13.3. The van der Waals surface area contributed by atoms with E-state index in [-0.39, 0.29) is 5.91 Å². The molecule has 6 heteroatoms. The average Bonchev–Trinajstić information content (AvgIpc) is 3.07. The zero-order valence-corrected chi connectivity index (χ0v) is 19.0. The largest absolute Gasteiger partial charge is 0.336 e. The summed E-state index contributed by atoms with van der Waals surface area (Å²) in [5.41, 5.74) is 4.76. The number of aryl methyl sites for hydroxylation is 1. The summed E-state index contributed by atoms with van der Waals surface area (Å²) in [6.45, 7) is 8.80. The van der Waals surface area contributed by atoms with Crippen molar-refractivity contribution in [1.29, 1.82) is 0 Å². The van der Waals surface area contributed by atoms with E-state index in [1.54, 1.807) is 0 Å². The van der Waals surface area contributed by atoms with Crippen molar-refractivity contribution >= 4 is 17.5 Å². The molecule has 0 N–H and O–H groups in total. The predicted octanol–water partition coefficient (Wildman–Crippen LogP) is 4.20. The average molecular weight is 437 g/mol. The molecule has 31 heavy (non-hydrogen) atoms. The number of amides is 1. The number of piperazine rings is 1. The van der Waals surface area contributed by atoms with Crippen molar-refractivity contribution < 1.29 is 4.79 Å². The Kier molecular flexibility index (Phi) is 6.73. The summed E-state index contributed by atoms with van der Waals surface area (Å²) in [4.78, 5) is 17.7. The highest BCUT2D eigenvalue weighted by Crippen LogP contribution is 2.21. The van der Waals surface area contributed by atoms with Crippen LogP contribution in [0.5, 0.6) is 0 Å². The summed E-state index contributed by atoms with van der Waals surface area (Å²) in [6, 6.07) is 18.3. The quantitative estimate of drug-likeness (QED) is 0.581. The first-order chi connectivity index (χ1) is 15.0. The van der Waals surface area contributed by atoms with Gasteiger partial charge in [0.15, 0.2) is 0 Å². The van der Waals surface area contributed by atoms with E-state index in [1.165, 1.54) is 5.56 Å². The fraction of sp³-hybridized carbons (Fsp3) is 0.360. The third-order valence-electron chi connectivity index (χ3n) is 6.09. The molecule has 0 atom stereocenters. The molecular formula is C25H29ClN4O. The minimum atomic E-state index is 0.0862. The van der Waals surface area contributed by atoms with Crippen molar-refractivity contribution in [1.82, 2.24) is 19.6 Å². The zero-order chi connectivity index (χ0) is 21.8. The Bertz CT molecular complexity index is 1040. The molecule has 4 rings (SSSR count). The van der Waals surface area contributed by atoms with Gasteiger partial charge in [0.05, 0.1) is 17.8 Å². The second kappa shape index (κ2) is 9.67. The lowest BCUT2D eigenvalue weighted by atomic mass is 10.1. The van der Waals surface area contributed by atoms with Gasteiger partial charge in [-0.2, -0.15) is 5.10 Å². The monoisotopic (exact) mass is 436 g/mol. The minimum absolute atomic E-state index is 0.0862. The summed E-state index contributed by atoms with van der Waals surface area (Å²) in [5, 5.41) is 5.36. The SMILES string of the molecule is Cc1nn(Cc2ccccc2Cl)c(C)c1C(=O)N1CCN(CCc2ccccc2)CC1. The lowest BCUT2D eigenvalue weighted by molar-refractivity contribution is 0.0637. The Hall–Kier alpha value is -2.63. The number of rotatable bonds is 6. The Morgan fingerprint density at radius 1 is 0.968 bits per heavy atom. The highest BCUT2D eigenvalue weighted by atomic mass is 35.5. The van der Waals surface area contributed by atoms with Gasteiger partial charge in [0.2, 0.25) is 0 Å². The smallest absolute Gasteiger partial charge is 0.257 e. The van der Waals surface area contributed by atoms with Crippen molar-refractivity contribution in [3.8, 4) is 0 Å². The maximum Gasteiger partial charge on any atom is 0.257 e. The molecule has 1 amide bonds. The number of halogens is 1. The Morgan fingerprint density at radius 3 is 2.35 bits per heavy atom. The fourth-order valence-corrected chi connectivity index (χ4v) is 4.41. The number of hydrogen-bond acceptors (Lipinski definition) is 3. The molecule has 3 aromatic rings.